The zero-order valence-electron chi connectivity index (χ0n) is 10.6. The Balaban J connectivity index is 1.91. The molecule has 0 unspecified atom stereocenters. The molecule has 1 aliphatic heterocycles. The lowest BCUT2D eigenvalue weighted by molar-refractivity contribution is -0.149. The van der Waals surface area contributed by atoms with E-state index in [1.165, 1.54) is 0 Å². The first kappa shape index (κ1) is 13.7. The van der Waals surface area contributed by atoms with E-state index in [9.17, 15) is 14.7 Å². The second-order valence-corrected chi connectivity index (χ2v) is 6.46. The van der Waals surface area contributed by atoms with Crippen LogP contribution >= 0.6 is 11.8 Å². The highest BCUT2D eigenvalue weighted by Gasteiger charge is 2.36. The van der Waals surface area contributed by atoms with Crippen LogP contribution in [0.1, 0.15) is 38.5 Å². The number of hydrogen-bond donors (Lipinski definition) is 2. The van der Waals surface area contributed by atoms with E-state index in [2.05, 4.69) is 5.32 Å². The van der Waals surface area contributed by atoms with E-state index in [1.807, 2.05) is 11.8 Å². The van der Waals surface area contributed by atoms with Crippen molar-refractivity contribution >= 4 is 23.6 Å². The summed E-state index contributed by atoms with van der Waals surface area (Å²) in [5, 5.41) is 12.2. The van der Waals surface area contributed by atoms with Crippen molar-refractivity contribution in [1.82, 2.24) is 5.32 Å². The van der Waals surface area contributed by atoms with Crippen LogP contribution in [0.5, 0.6) is 0 Å². The Morgan fingerprint density at radius 1 is 1.00 bits per heavy atom. The van der Waals surface area contributed by atoms with Gasteiger partial charge in [0.2, 0.25) is 5.91 Å². The third-order valence-electron chi connectivity index (χ3n) is 3.99. The zero-order valence-corrected chi connectivity index (χ0v) is 11.4. The van der Waals surface area contributed by atoms with Crippen molar-refractivity contribution in [2.45, 2.75) is 44.6 Å². The van der Waals surface area contributed by atoms with Crippen LogP contribution in [0.3, 0.4) is 0 Å². The average Bonchev–Trinajstić information content (AvgIpc) is 2.40. The van der Waals surface area contributed by atoms with E-state index in [0.717, 1.165) is 43.6 Å². The summed E-state index contributed by atoms with van der Waals surface area (Å²) >= 11 is 1.92. The van der Waals surface area contributed by atoms with Crippen molar-refractivity contribution in [3.63, 3.8) is 0 Å². The Bertz CT molecular complexity index is 315. The molecule has 1 aliphatic carbocycles. The standard InChI is InChI=1S/C13H21NO3S/c15-12(14-9-5-7-18-8-6-9)10-3-1-2-4-11(10)13(16)17/h9-11H,1-8H2,(H,14,15)(H,16,17)/t10-,11+/m1/s1. The minimum absolute atomic E-state index is 0.0287. The number of carbonyl (C=O) groups excluding carboxylic acids is 1. The minimum atomic E-state index is -0.811. The van der Waals surface area contributed by atoms with E-state index in [-0.39, 0.29) is 17.9 Å². The van der Waals surface area contributed by atoms with Gasteiger partial charge in [0, 0.05) is 6.04 Å². The number of aliphatic carboxylic acids is 1. The van der Waals surface area contributed by atoms with Gasteiger partial charge in [0.05, 0.1) is 11.8 Å². The van der Waals surface area contributed by atoms with Gasteiger partial charge in [0.15, 0.2) is 0 Å². The number of hydrogen-bond acceptors (Lipinski definition) is 3. The van der Waals surface area contributed by atoms with Crippen LogP contribution in [0.25, 0.3) is 0 Å². The Labute approximate surface area is 112 Å². The lowest BCUT2D eigenvalue weighted by atomic mass is 9.78. The van der Waals surface area contributed by atoms with Crippen molar-refractivity contribution in [3.8, 4) is 0 Å². The predicted octanol–water partition coefficient (Wildman–Crippen LogP) is 1.89. The number of rotatable bonds is 3. The van der Waals surface area contributed by atoms with E-state index in [4.69, 9.17) is 0 Å². The minimum Gasteiger partial charge on any atom is -0.481 e. The molecule has 0 aromatic heterocycles. The van der Waals surface area contributed by atoms with Gasteiger partial charge < -0.3 is 10.4 Å². The molecule has 0 bridgehead atoms. The van der Waals surface area contributed by atoms with Crippen LogP contribution < -0.4 is 5.32 Å². The van der Waals surface area contributed by atoms with Crippen LogP contribution in [0.4, 0.5) is 0 Å². The molecule has 4 nitrogen and oxygen atoms in total. The molecule has 2 fully saturated rings. The van der Waals surface area contributed by atoms with Gasteiger partial charge in [-0.3, -0.25) is 9.59 Å². The van der Waals surface area contributed by atoms with Gasteiger partial charge >= 0.3 is 5.97 Å². The molecule has 2 aliphatic rings. The molecule has 18 heavy (non-hydrogen) atoms. The number of amides is 1. The molecule has 1 heterocycles. The van der Waals surface area contributed by atoms with Crippen LogP contribution in [0.15, 0.2) is 0 Å². The van der Waals surface area contributed by atoms with Crippen molar-refractivity contribution in [1.29, 1.82) is 0 Å². The van der Waals surface area contributed by atoms with Gasteiger partial charge in [-0.15, -0.1) is 0 Å². The van der Waals surface area contributed by atoms with Crippen LogP contribution in [-0.4, -0.2) is 34.5 Å². The molecule has 2 atom stereocenters. The van der Waals surface area contributed by atoms with Crippen LogP contribution in [0, 0.1) is 11.8 Å². The molecule has 2 rings (SSSR count). The SMILES string of the molecule is O=C(O)[C@H]1CCCC[C@H]1C(=O)NC1CCSCC1. The smallest absolute Gasteiger partial charge is 0.307 e. The normalized spacial score (nSPS) is 29.8. The number of carboxylic acids is 1. The van der Waals surface area contributed by atoms with Crippen molar-refractivity contribution in [2.24, 2.45) is 11.8 Å². The summed E-state index contributed by atoms with van der Waals surface area (Å²) in [6.07, 6.45) is 5.31. The topological polar surface area (TPSA) is 66.4 Å². The molecule has 2 N–H and O–H groups in total. The van der Waals surface area contributed by atoms with Gasteiger partial charge in [-0.2, -0.15) is 11.8 Å². The molecule has 1 saturated carbocycles. The largest absolute Gasteiger partial charge is 0.481 e. The maximum Gasteiger partial charge on any atom is 0.307 e. The van der Waals surface area contributed by atoms with E-state index < -0.39 is 11.9 Å². The maximum absolute atomic E-state index is 12.2. The summed E-state index contributed by atoms with van der Waals surface area (Å²) in [7, 11) is 0. The fourth-order valence-corrected chi connectivity index (χ4v) is 4.00. The third-order valence-corrected chi connectivity index (χ3v) is 5.04. The first-order chi connectivity index (χ1) is 8.68. The Morgan fingerprint density at radius 3 is 2.22 bits per heavy atom. The summed E-state index contributed by atoms with van der Waals surface area (Å²) in [6.45, 7) is 0. The Kier molecular flexibility index (Phi) is 4.92. The number of carboxylic acid groups (broad SMARTS) is 1. The quantitative estimate of drug-likeness (QED) is 0.822. The fourth-order valence-electron chi connectivity index (χ4n) is 2.89. The van der Waals surface area contributed by atoms with E-state index in [1.54, 1.807) is 0 Å². The Morgan fingerprint density at radius 2 is 1.61 bits per heavy atom. The summed E-state index contributed by atoms with van der Waals surface area (Å²) in [5.74, 6) is 0.561. The maximum atomic E-state index is 12.2. The highest BCUT2D eigenvalue weighted by molar-refractivity contribution is 7.99. The van der Waals surface area contributed by atoms with Crippen molar-refractivity contribution in [2.75, 3.05) is 11.5 Å². The molecular formula is C13H21NO3S. The van der Waals surface area contributed by atoms with E-state index in [0.29, 0.717) is 6.42 Å². The summed E-state index contributed by atoms with van der Waals surface area (Å²) in [6, 6.07) is 0.259. The van der Waals surface area contributed by atoms with E-state index >= 15 is 0 Å². The van der Waals surface area contributed by atoms with Crippen molar-refractivity contribution < 1.29 is 14.7 Å². The van der Waals surface area contributed by atoms with Gasteiger partial charge in [0.25, 0.3) is 0 Å². The second kappa shape index (κ2) is 6.45. The van der Waals surface area contributed by atoms with Gasteiger partial charge in [0.1, 0.15) is 0 Å². The fraction of sp³-hybridized carbons (Fsp3) is 0.846. The number of thioether (sulfide) groups is 1. The summed E-state index contributed by atoms with van der Waals surface area (Å²) < 4.78 is 0. The van der Waals surface area contributed by atoms with Crippen molar-refractivity contribution in [3.05, 3.63) is 0 Å². The molecule has 0 aromatic rings. The van der Waals surface area contributed by atoms with Gasteiger partial charge in [-0.05, 0) is 37.2 Å². The molecule has 0 aromatic carbocycles. The molecule has 5 heteroatoms. The third kappa shape index (κ3) is 3.40. The molecular weight excluding hydrogens is 250 g/mol. The lowest BCUT2D eigenvalue weighted by Gasteiger charge is -2.30. The zero-order chi connectivity index (χ0) is 13.0. The number of nitrogens with one attached hydrogen (secondary N) is 1. The molecule has 1 saturated heterocycles. The monoisotopic (exact) mass is 271 g/mol. The first-order valence-electron chi connectivity index (χ1n) is 6.79. The molecule has 102 valence electrons. The molecule has 1 amide bonds. The average molecular weight is 271 g/mol. The molecule has 0 spiro atoms. The second-order valence-electron chi connectivity index (χ2n) is 5.23. The van der Waals surface area contributed by atoms with Crippen LogP contribution in [-0.2, 0) is 9.59 Å². The lowest BCUT2D eigenvalue weighted by Crippen LogP contribution is -2.45. The van der Waals surface area contributed by atoms with Gasteiger partial charge in [-0.1, -0.05) is 12.8 Å². The highest BCUT2D eigenvalue weighted by atomic mass is 32.2. The molecule has 0 radical (unpaired) electrons. The summed E-state index contributed by atoms with van der Waals surface area (Å²) in [5.41, 5.74) is 0. The first-order valence-corrected chi connectivity index (χ1v) is 7.95. The highest BCUT2D eigenvalue weighted by Crippen LogP contribution is 2.31. The van der Waals surface area contributed by atoms with Crippen LogP contribution in [0.2, 0.25) is 0 Å². The Hall–Kier alpha value is -0.710. The van der Waals surface area contributed by atoms with Gasteiger partial charge in [-0.25, -0.2) is 0 Å². The predicted molar refractivity (Wildman–Crippen MR) is 71.6 cm³/mol. The number of carbonyl (C=O) groups is 2. The summed E-state index contributed by atoms with van der Waals surface area (Å²) in [4.78, 5) is 23.4.